The fourth-order valence-electron chi connectivity index (χ4n) is 1.66. The number of hydrogen-bond acceptors (Lipinski definition) is 4. The smallest absolute Gasteiger partial charge is 0.353 e. The lowest BCUT2D eigenvalue weighted by atomic mass is 10.2. The molecular formula is C11H7N3O4. The highest BCUT2D eigenvalue weighted by Gasteiger charge is 2.11. The SMILES string of the molecule is O=C(O)c1cc2nc(-c3ccoc3)cc(=O)n2[nH]1. The average Bonchev–Trinajstić information content (AvgIpc) is 2.97. The summed E-state index contributed by atoms with van der Waals surface area (Å²) in [4.78, 5) is 26.8. The number of nitrogens with zero attached hydrogens (tertiary/aromatic N) is 2. The van der Waals surface area contributed by atoms with Gasteiger partial charge in [-0.3, -0.25) is 9.89 Å². The second kappa shape index (κ2) is 3.59. The van der Waals surface area contributed by atoms with Gasteiger partial charge in [0.25, 0.3) is 5.56 Å². The van der Waals surface area contributed by atoms with Crippen LogP contribution in [0.3, 0.4) is 0 Å². The molecule has 0 aliphatic carbocycles. The topological polar surface area (TPSA) is 101 Å². The first-order chi connectivity index (χ1) is 8.65. The van der Waals surface area contributed by atoms with Crippen LogP contribution in [0.15, 0.2) is 39.9 Å². The Bertz CT molecular complexity index is 782. The summed E-state index contributed by atoms with van der Waals surface area (Å²) < 4.78 is 5.99. The molecule has 7 nitrogen and oxygen atoms in total. The van der Waals surface area contributed by atoms with Gasteiger partial charge >= 0.3 is 5.97 Å². The molecule has 7 heteroatoms. The van der Waals surface area contributed by atoms with Crippen molar-refractivity contribution in [1.82, 2.24) is 14.6 Å². The Morgan fingerprint density at radius 2 is 2.28 bits per heavy atom. The molecule has 0 saturated carbocycles. The summed E-state index contributed by atoms with van der Waals surface area (Å²) in [7, 11) is 0. The molecule has 2 N–H and O–H groups in total. The number of carbonyl (C=O) groups is 1. The molecule has 0 unspecified atom stereocenters. The number of hydrogen-bond donors (Lipinski definition) is 2. The molecule has 0 atom stereocenters. The van der Waals surface area contributed by atoms with Crippen LogP contribution < -0.4 is 5.56 Å². The third kappa shape index (κ3) is 1.49. The Balaban J connectivity index is 2.27. The van der Waals surface area contributed by atoms with Crippen LogP contribution in [-0.2, 0) is 0 Å². The Morgan fingerprint density at radius 1 is 1.44 bits per heavy atom. The molecular weight excluding hydrogens is 238 g/mol. The van der Waals surface area contributed by atoms with Gasteiger partial charge in [-0.2, -0.15) is 0 Å². The number of fused-ring (bicyclic) bond motifs is 1. The van der Waals surface area contributed by atoms with Crippen LogP contribution in [0.5, 0.6) is 0 Å². The van der Waals surface area contributed by atoms with Crippen LogP contribution >= 0.6 is 0 Å². The van der Waals surface area contributed by atoms with Gasteiger partial charge in [0.05, 0.1) is 18.2 Å². The number of aromatic carboxylic acids is 1. The quantitative estimate of drug-likeness (QED) is 0.700. The summed E-state index contributed by atoms with van der Waals surface area (Å²) in [5.74, 6) is -1.15. The lowest BCUT2D eigenvalue weighted by Gasteiger charge is -1.96. The summed E-state index contributed by atoms with van der Waals surface area (Å²) in [5.41, 5.74) is 0.862. The van der Waals surface area contributed by atoms with Gasteiger partial charge in [-0.1, -0.05) is 0 Å². The number of carboxylic acid groups (broad SMARTS) is 1. The number of rotatable bonds is 2. The van der Waals surface area contributed by atoms with Gasteiger partial charge in [-0.25, -0.2) is 14.3 Å². The maximum absolute atomic E-state index is 11.8. The first-order valence-corrected chi connectivity index (χ1v) is 5.04. The highest BCUT2D eigenvalue weighted by molar-refractivity contribution is 5.86. The van der Waals surface area contributed by atoms with Gasteiger partial charge < -0.3 is 9.52 Å². The summed E-state index contributed by atoms with van der Waals surface area (Å²) in [6.07, 6.45) is 2.93. The number of H-pyrrole nitrogens is 1. The van der Waals surface area contributed by atoms with Crippen LogP contribution in [-0.4, -0.2) is 25.7 Å². The molecule has 0 spiro atoms. The van der Waals surface area contributed by atoms with Crippen molar-refractivity contribution < 1.29 is 14.3 Å². The molecule has 0 aromatic carbocycles. The zero-order valence-electron chi connectivity index (χ0n) is 8.95. The van der Waals surface area contributed by atoms with Gasteiger partial charge in [-0.05, 0) is 6.07 Å². The van der Waals surface area contributed by atoms with Gasteiger partial charge in [0.15, 0.2) is 5.65 Å². The first kappa shape index (κ1) is 10.3. The monoisotopic (exact) mass is 245 g/mol. The maximum Gasteiger partial charge on any atom is 0.353 e. The predicted molar refractivity (Wildman–Crippen MR) is 60.5 cm³/mol. The minimum absolute atomic E-state index is 0.0936. The fraction of sp³-hybridized carbons (Fsp3) is 0. The van der Waals surface area contributed by atoms with Gasteiger partial charge in [0, 0.05) is 17.7 Å². The van der Waals surface area contributed by atoms with Gasteiger partial charge in [-0.15, -0.1) is 0 Å². The molecule has 0 radical (unpaired) electrons. The minimum atomic E-state index is -1.15. The van der Waals surface area contributed by atoms with Gasteiger partial charge in [0.2, 0.25) is 0 Å². The van der Waals surface area contributed by atoms with Crippen LogP contribution in [0.1, 0.15) is 10.5 Å². The van der Waals surface area contributed by atoms with Crippen molar-refractivity contribution in [3.8, 4) is 11.3 Å². The Labute approximate surface area is 99.3 Å². The normalized spacial score (nSPS) is 10.9. The lowest BCUT2D eigenvalue weighted by Crippen LogP contribution is -2.14. The number of aromatic amines is 1. The molecule has 18 heavy (non-hydrogen) atoms. The van der Waals surface area contributed by atoms with E-state index in [1.807, 2.05) is 0 Å². The standard InChI is InChI=1S/C11H7N3O4/c15-10-4-7(6-1-2-18-5-6)12-9-3-8(11(16)17)13-14(9)10/h1-5,13H,(H,16,17). The zero-order valence-corrected chi connectivity index (χ0v) is 8.95. The van der Waals surface area contributed by atoms with E-state index in [4.69, 9.17) is 9.52 Å². The van der Waals surface area contributed by atoms with E-state index in [0.29, 0.717) is 11.3 Å². The number of furan rings is 1. The second-order valence-corrected chi connectivity index (χ2v) is 3.66. The van der Waals surface area contributed by atoms with Crippen molar-refractivity contribution >= 4 is 11.6 Å². The van der Waals surface area contributed by atoms with Crippen molar-refractivity contribution in [2.75, 3.05) is 0 Å². The van der Waals surface area contributed by atoms with Crippen molar-refractivity contribution in [2.24, 2.45) is 0 Å². The Morgan fingerprint density at radius 3 is 2.94 bits per heavy atom. The molecule has 0 saturated heterocycles. The third-order valence-corrected chi connectivity index (χ3v) is 2.50. The molecule has 0 aliphatic heterocycles. The van der Waals surface area contributed by atoms with Crippen LogP contribution in [0, 0.1) is 0 Å². The predicted octanol–water partition coefficient (Wildman–Crippen LogP) is 0.981. The van der Waals surface area contributed by atoms with E-state index in [1.54, 1.807) is 6.07 Å². The molecule has 3 aromatic heterocycles. The molecule has 0 amide bonds. The largest absolute Gasteiger partial charge is 0.477 e. The Kier molecular flexibility index (Phi) is 2.06. The summed E-state index contributed by atoms with van der Waals surface area (Å²) in [6, 6.07) is 4.27. The molecule has 90 valence electrons. The maximum atomic E-state index is 11.8. The van der Waals surface area contributed by atoms with E-state index in [0.717, 1.165) is 4.52 Å². The first-order valence-electron chi connectivity index (χ1n) is 5.04. The molecule has 3 heterocycles. The van der Waals surface area contributed by atoms with E-state index in [-0.39, 0.29) is 16.9 Å². The van der Waals surface area contributed by atoms with E-state index in [1.165, 1.54) is 24.7 Å². The highest BCUT2D eigenvalue weighted by Crippen LogP contribution is 2.16. The summed E-state index contributed by atoms with van der Waals surface area (Å²) in [5, 5.41) is 11.3. The van der Waals surface area contributed by atoms with Crippen LogP contribution in [0.2, 0.25) is 0 Å². The second-order valence-electron chi connectivity index (χ2n) is 3.66. The molecule has 3 aromatic rings. The Hall–Kier alpha value is -2.83. The summed E-state index contributed by atoms with van der Waals surface area (Å²) >= 11 is 0. The van der Waals surface area contributed by atoms with Crippen molar-refractivity contribution in [2.45, 2.75) is 0 Å². The van der Waals surface area contributed by atoms with Crippen molar-refractivity contribution in [1.29, 1.82) is 0 Å². The molecule has 0 aliphatic rings. The van der Waals surface area contributed by atoms with E-state index in [2.05, 4.69) is 10.1 Å². The minimum Gasteiger partial charge on any atom is -0.477 e. The third-order valence-electron chi connectivity index (χ3n) is 2.50. The van der Waals surface area contributed by atoms with Crippen molar-refractivity contribution in [3.05, 3.63) is 46.8 Å². The van der Waals surface area contributed by atoms with E-state index >= 15 is 0 Å². The van der Waals surface area contributed by atoms with Crippen LogP contribution in [0.4, 0.5) is 0 Å². The van der Waals surface area contributed by atoms with E-state index < -0.39 is 5.97 Å². The number of aromatic nitrogens is 3. The number of carboxylic acids is 1. The summed E-state index contributed by atoms with van der Waals surface area (Å²) in [6.45, 7) is 0. The molecule has 0 fully saturated rings. The fourth-order valence-corrected chi connectivity index (χ4v) is 1.66. The van der Waals surface area contributed by atoms with Crippen molar-refractivity contribution in [3.63, 3.8) is 0 Å². The highest BCUT2D eigenvalue weighted by atomic mass is 16.4. The number of nitrogens with one attached hydrogen (secondary N) is 1. The van der Waals surface area contributed by atoms with Crippen LogP contribution in [0.25, 0.3) is 16.9 Å². The lowest BCUT2D eigenvalue weighted by molar-refractivity contribution is 0.0690. The van der Waals surface area contributed by atoms with E-state index in [9.17, 15) is 9.59 Å². The molecule has 3 rings (SSSR count). The molecule has 0 bridgehead atoms. The zero-order chi connectivity index (χ0) is 12.7. The van der Waals surface area contributed by atoms with Gasteiger partial charge in [0.1, 0.15) is 5.69 Å². The average molecular weight is 245 g/mol.